The lowest BCUT2D eigenvalue weighted by molar-refractivity contribution is -0.118. The lowest BCUT2D eigenvalue weighted by atomic mass is 10.3. The minimum Gasteiger partial charge on any atom is -0.399 e. The quantitative estimate of drug-likeness (QED) is 0.729. The van der Waals surface area contributed by atoms with E-state index in [2.05, 4.69) is 0 Å². The zero-order chi connectivity index (χ0) is 16.2. The first-order valence-electron chi connectivity index (χ1n) is 6.23. The van der Waals surface area contributed by atoms with Crippen LogP contribution in [0.3, 0.4) is 0 Å². The highest BCUT2D eigenvalue weighted by molar-refractivity contribution is 7.89. The summed E-state index contributed by atoms with van der Waals surface area (Å²) in [6, 6.07) is 2.59. The van der Waals surface area contributed by atoms with Crippen LogP contribution in [-0.4, -0.2) is 31.7 Å². The molecule has 21 heavy (non-hydrogen) atoms. The molecule has 0 aliphatic carbocycles. The van der Waals surface area contributed by atoms with Crippen molar-refractivity contribution in [3.63, 3.8) is 0 Å². The summed E-state index contributed by atoms with van der Waals surface area (Å²) in [4.78, 5) is 10.8. The standard InChI is InChI=1S/C12H17Cl2N3O3S/c1-2-3-4-17(7-11(16)18)21(19,20)12-9(13)5-8(15)6-10(12)14/h5-6H,2-4,7,15H2,1H3,(H2,16,18). The zero-order valence-corrected chi connectivity index (χ0v) is 13.8. The summed E-state index contributed by atoms with van der Waals surface area (Å²) in [6.45, 7) is 1.62. The Balaban J connectivity index is 3.31. The summed E-state index contributed by atoms with van der Waals surface area (Å²) in [5.74, 6) is -0.752. The Labute approximate surface area is 134 Å². The number of carbonyl (C=O) groups excluding carboxylic acids is 1. The molecule has 1 amide bonds. The molecule has 0 aliphatic rings. The second-order valence-electron chi connectivity index (χ2n) is 4.47. The van der Waals surface area contributed by atoms with Crippen molar-refractivity contribution in [2.24, 2.45) is 5.73 Å². The summed E-state index contributed by atoms with van der Waals surface area (Å²) in [6.07, 6.45) is 1.34. The van der Waals surface area contributed by atoms with Crippen molar-refractivity contribution in [1.82, 2.24) is 4.31 Å². The van der Waals surface area contributed by atoms with E-state index in [1.54, 1.807) is 0 Å². The topological polar surface area (TPSA) is 106 Å². The fourth-order valence-corrected chi connectivity index (χ4v) is 4.37. The number of nitrogens with two attached hydrogens (primary N) is 2. The highest BCUT2D eigenvalue weighted by atomic mass is 35.5. The van der Waals surface area contributed by atoms with Crippen LogP contribution in [0.5, 0.6) is 0 Å². The molecule has 9 heteroatoms. The van der Waals surface area contributed by atoms with E-state index in [9.17, 15) is 13.2 Å². The first-order valence-corrected chi connectivity index (χ1v) is 8.42. The maximum absolute atomic E-state index is 12.6. The van der Waals surface area contributed by atoms with Crippen molar-refractivity contribution < 1.29 is 13.2 Å². The normalized spacial score (nSPS) is 11.8. The van der Waals surface area contributed by atoms with Gasteiger partial charge in [0.25, 0.3) is 0 Å². The maximum atomic E-state index is 12.6. The lowest BCUT2D eigenvalue weighted by Gasteiger charge is -2.22. The number of nitrogens with zero attached hydrogens (tertiary/aromatic N) is 1. The van der Waals surface area contributed by atoms with Crippen molar-refractivity contribution in [3.8, 4) is 0 Å². The Kier molecular flexibility index (Phi) is 6.27. The number of hydrogen-bond donors (Lipinski definition) is 2. The van der Waals surface area contributed by atoms with Gasteiger partial charge in [-0.15, -0.1) is 0 Å². The number of benzene rings is 1. The Bertz CT molecular complexity index is 612. The van der Waals surface area contributed by atoms with Crippen molar-refractivity contribution in [1.29, 1.82) is 0 Å². The molecule has 0 atom stereocenters. The van der Waals surface area contributed by atoms with Crippen molar-refractivity contribution >= 4 is 44.8 Å². The number of primary amides is 1. The number of halogens is 2. The zero-order valence-electron chi connectivity index (χ0n) is 11.5. The third-order valence-corrected chi connectivity index (χ3v) is 5.48. The minimum atomic E-state index is -4.03. The molecule has 6 nitrogen and oxygen atoms in total. The number of anilines is 1. The van der Waals surface area contributed by atoms with E-state index in [4.69, 9.17) is 34.7 Å². The summed E-state index contributed by atoms with van der Waals surface area (Å²) in [7, 11) is -4.03. The van der Waals surface area contributed by atoms with Gasteiger partial charge in [0.2, 0.25) is 15.9 Å². The van der Waals surface area contributed by atoms with Crippen LogP contribution in [0.15, 0.2) is 17.0 Å². The van der Waals surface area contributed by atoms with E-state index in [0.717, 1.165) is 10.7 Å². The molecule has 0 radical (unpaired) electrons. The number of rotatable bonds is 7. The molecule has 0 fully saturated rings. The molecule has 4 N–H and O–H groups in total. The van der Waals surface area contributed by atoms with Gasteiger partial charge < -0.3 is 11.5 Å². The molecule has 0 saturated heterocycles. The van der Waals surface area contributed by atoms with E-state index in [1.807, 2.05) is 6.92 Å². The van der Waals surface area contributed by atoms with Gasteiger partial charge in [0, 0.05) is 12.2 Å². The minimum absolute atomic E-state index is 0.0917. The van der Waals surface area contributed by atoms with Gasteiger partial charge in [0.15, 0.2) is 0 Å². The molecule has 0 heterocycles. The number of unbranched alkanes of at least 4 members (excludes halogenated alkanes) is 1. The molecule has 1 rings (SSSR count). The molecule has 118 valence electrons. The molecule has 0 bridgehead atoms. The molecule has 1 aromatic rings. The molecule has 0 saturated carbocycles. The van der Waals surface area contributed by atoms with Gasteiger partial charge in [0.1, 0.15) is 4.90 Å². The van der Waals surface area contributed by atoms with Gasteiger partial charge in [-0.1, -0.05) is 36.5 Å². The molecule has 0 aliphatic heterocycles. The van der Waals surface area contributed by atoms with Crippen LogP contribution in [0.4, 0.5) is 5.69 Å². The van der Waals surface area contributed by atoms with Crippen LogP contribution in [0, 0.1) is 0 Å². The molecule has 0 aromatic heterocycles. The predicted octanol–water partition coefficient (Wildman–Crippen LogP) is 1.85. The third-order valence-electron chi connectivity index (χ3n) is 2.71. The summed E-state index contributed by atoms with van der Waals surface area (Å²) < 4.78 is 26.2. The number of carbonyl (C=O) groups is 1. The summed E-state index contributed by atoms with van der Waals surface area (Å²) in [5.41, 5.74) is 10.9. The van der Waals surface area contributed by atoms with Gasteiger partial charge in [-0.25, -0.2) is 8.42 Å². The third kappa shape index (κ3) is 4.47. The maximum Gasteiger partial charge on any atom is 0.246 e. The van der Waals surface area contributed by atoms with Crippen LogP contribution >= 0.6 is 23.2 Å². The average Bonchev–Trinajstić information content (AvgIpc) is 2.32. The highest BCUT2D eigenvalue weighted by Gasteiger charge is 2.30. The number of nitrogen functional groups attached to an aromatic ring is 1. The van der Waals surface area contributed by atoms with Gasteiger partial charge in [0.05, 0.1) is 16.6 Å². The lowest BCUT2D eigenvalue weighted by Crippen LogP contribution is -2.39. The van der Waals surface area contributed by atoms with E-state index in [-0.39, 0.29) is 27.2 Å². The van der Waals surface area contributed by atoms with Crippen molar-refractivity contribution in [3.05, 3.63) is 22.2 Å². The number of sulfonamides is 1. The van der Waals surface area contributed by atoms with E-state index in [0.29, 0.717) is 6.42 Å². The first kappa shape index (κ1) is 18.0. The van der Waals surface area contributed by atoms with Crippen LogP contribution in [0.2, 0.25) is 10.0 Å². The van der Waals surface area contributed by atoms with Crippen LogP contribution in [-0.2, 0) is 14.8 Å². The summed E-state index contributed by atoms with van der Waals surface area (Å²) >= 11 is 11.9. The fourth-order valence-electron chi connectivity index (χ4n) is 1.75. The van der Waals surface area contributed by atoms with E-state index >= 15 is 0 Å². The monoisotopic (exact) mass is 353 g/mol. The second-order valence-corrected chi connectivity index (χ2v) is 7.16. The van der Waals surface area contributed by atoms with E-state index in [1.165, 1.54) is 12.1 Å². The Morgan fingerprint density at radius 1 is 1.29 bits per heavy atom. The fraction of sp³-hybridized carbons (Fsp3) is 0.417. The predicted molar refractivity (Wildman–Crippen MR) is 83.7 cm³/mol. The number of hydrogen-bond acceptors (Lipinski definition) is 4. The van der Waals surface area contributed by atoms with E-state index < -0.39 is 22.5 Å². The highest BCUT2D eigenvalue weighted by Crippen LogP contribution is 2.33. The van der Waals surface area contributed by atoms with Crippen LogP contribution < -0.4 is 11.5 Å². The van der Waals surface area contributed by atoms with Gasteiger partial charge >= 0.3 is 0 Å². The number of amides is 1. The Hall–Kier alpha value is -1.02. The Morgan fingerprint density at radius 2 is 1.81 bits per heavy atom. The first-order chi connectivity index (χ1) is 9.70. The van der Waals surface area contributed by atoms with Gasteiger partial charge in [-0.3, -0.25) is 4.79 Å². The molecule has 0 spiro atoms. The average molecular weight is 354 g/mol. The second kappa shape index (κ2) is 7.31. The SMILES string of the molecule is CCCCN(CC(N)=O)S(=O)(=O)c1c(Cl)cc(N)cc1Cl. The molecular weight excluding hydrogens is 337 g/mol. The largest absolute Gasteiger partial charge is 0.399 e. The van der Waals surface area contributed by atoms with Gasteiger partial charge in [-0.05, 0) is 18.6 Å². The Morgan fingerprint density at radius 3 is 2.24 bits per heavy atom. The van der Waals surface area contributed by atoms with Crippen molar-refractivity contribution in [2.75, 3.05) is 18.8 Å². The van der Waals surface area contributed by atoms with Crippen LogP contribution in [0.1, 0.15) is 19.8 Å². The van der Waals surface area contributed by atoms with Gasteiger partial charge in [-0.2, -0.15) is 4.31 Å². The van der Waals surface area contributed by atoms with Crippen molar-refractivity contribution in [2.45, 2.75) is 24.7 Å². The molecular formula is C12H17Cl2N3O3S. The summed E-state index contributed by atoms with van der Waals surface area (Å²) in [5, 5.41) is -0.183. The molecule has 1 aromatic carbocycles. The smallest absolute Gasteiger partial charge is 0.246 e. The molecule has 0 unspecified atom stereocenters. The van der Waals surface area contributed by atoms with Crippen LogP contribution in [0.25, 0.3) is 0 Å².